The number of hydrogen-bond acceptors (Lipinski definition) is 2. The molecule has 1 fully saturated rings. The summed E-state index contributed by atoms with van der Waals surface area (Å²) in [7, 11) is 4.36. The Balaban J connectivity index is 2.19. The van der Waals surface area contributed by atoms with Gasteiger partial charge in [-0.05, 0) is 45.3 Å². The number of hydrogen-bond donors (Lipinski definition) is 1. The molecule has 0 amide bonds. The van der Waals surface area contributed by atoms with Crippen molar-refractivity contribution in [1.82, 2.24) is 10.2 Å². The smallest absolute Gasteiger partial charge is 0.00188 e. The van der Waals surface area contributed by atoms with Crippen LogP contribution in [-0.2, 0) is 0 Å². The zero-order valence-electron chi connectivity index (χ0n) is 11.5. The first-order valence-corrected chi connectivity index (χ1v) is 7.09. The van der Waals surface area contributed by atoms with E-state index in [1.54, 1.807) is 0 Å². The molecule has 0 aromatic rings. The Hall–Kier alpha value is -0.0800. The second-order valence-corrected chi connectivity index (χ2v) is 5.56. The first kappa shape index (κ1) is 14.0. The van der Waals surface area contributed by atoms with Crippen LogP contribution in [0.5, 0.6) is 0 Å². The Kier molecular flexibility index (Phi) is 7.06. The molecule has 2 heteroatoms. The average Bonchev–Trinajstić information content (AvgIpc) is 2.29. The molecule has 16 heavy (non-hydrogen) atoms. The summed E-state index contributed by atoms with van der Waals surface area (Å²) in [5.74, 6) is 1.80. The lowest BCUT2D eigenvalue weighted by Gasteiger charge is -2.29. The molecule has 0 aromatic carbocycles. The van der Waals surface area contributed by atoms with Crippen LogP contribution in [0, 0.1) is 11.8 Å². The van der Waals surface area contributed by atoms with Crippen molar-refractivity contribution in [3.05, 3.63) is 0 Å². The van der Waals surface area contributed by atoms with Gasteiger partial charge in [0.25, 0.3) is 0 Å². The van der Waals surface area contributed by atoms with E-state index in [0.29, 0.717) is 0 Å². The Morgan fingerprint density at radius 3 is 2.50 bits per heavy atom. The van der Waals surface area contributed by atoms with E-state index in [2.05, 4.69) is 31.2 Å². The van der Waals surface area contributed by atoms with Gasteiger partial charge < -0.3 is 10.2 Å². The van der Waals surface area contributed by atoms with Crippen molar-refractivity contribution in [3.63, 3.8) is 0 Å². The van der Waals surface area contributed by atoms with Gasteiger partial charge in [-0.15, -0.1) is 0 Å². The van der Waals surface area contributed by atoms with Crippen molar-refractivity contribution in [3.8, 4) is 0 Å². The predicted octanol–water partition coefficient (Wildman–Crippen LogP) is 2.74. The van der Waals surface area contributed by atoms with Gasteiger partial charge in [0, 0.05) is 13.1 Å². The molecule has 0 bridgehead atoms. The Morgan fingerprint density at radius 2 is 1.94 bits per heavy atom. The average molecular weight is 226 g/mol. The van der Waals surface area contributed by atoms with Gasteiger partial charge in [0.1, 0.15) is 0 Å². The van der Waals surface area contributed by atoms with Crippen LogP contribution in [-0.4, -0.2) is 38.6 Å². The second kappa shape index (κ2) is 8.08. The highest BCUT2D eigenvalue weighted by molar-refractivity contribution is 4.71. The molecule has 1 N–H and O–H groups in total. The first-order valence-electron chi connectivity index (χ1n) is 7.09. The molecule has 0 aliphatic heterocycles. The lowest BCUT2D eigenvalue weighted by molar-refractivity contribution is 0.204. The first-order chi connectivity index (χ1) is 7.76. The summed E-state index contributed by atoms with van der Waals surface area (Å²) < 4.78 is 0. The van der Waals surface area contributed by atoms with Crippen molar-refractivity contribution in [2.24, 2.45) is 11.8 Å². The third-order valence-electron chi connectivity index (χ3n) is 3.93. The molecule has 1 unspecified atom stereocenters. The largest absolute Gasteiger partial charge is 0.319 e. The summed E-state index contributed by atoms with van der Waals surface area (Å²) in [6.45, 7) is 6.04. The Labute approximate surface area is 102 Å². The lowest BCUT2D eigenvalue weighted by atomic mass is 9.89. The standard InChI is InChI=1S/C14H30N2/c1-4-13(10-15-2)11-16(3)12-14-8-6-5-7-9-14/h13-15H,4-12H2,1-3H3. The molecule has 0 aromatic heterocycles. The lowest BCUT2D eigenvalue weighted by Crippen LogP contribution is -2.34. The number of rotatable bonds is 7. The van der Waals surface area contributed by atoms with Gasteiger partial charge in [-0.2, -0.15) is 0 Å². The topological polar surface area (TPSA) is 15.3 Å². The van der Waals surface area contributed by atoms with Gasteiger partial charge in [0.05, 0.1) is 0 Å². The number of nitrogens with one attached hydrogen (secondary N) is 1. The van der Waals surface area contributed by atoms with Gasteiger partial charge >= 0.3 is 0 Å². The molecule has 0 saturated heterocycles. The van der Waals surface area contributed by atoms with Crippen LogP contribution in [0.25, 0.3) is 0 Å². The van der Waals surface area contributed by atoms with Crippen molar-refractivity contribution < 1.29 is 0 Å². The quantitative estimate of drug-likeness (QED) is 0.718. The van der Waals surface area contributed by atoms with E-state index in [-0.39, 0.29) is 0 Å². The van der Waals surface area contributed by atoms with Gasteiger partial charge in [-0.1, -0.05) is 32.6 Å². The summed E-state index contributed by atoms with van der Waals surface area (Å²) in [6.07, 6.45) is 8.62. The summed E-state index contributed by atoms with van der Waals surface area (Å²) in [4.78, 5) is 2.56. The minimum Gasteiger partial charge on any atom is -0.319 e. The van der Waals surface area contributed by atoms with E-state index < -0.39 is 0 Å². The fraction of sp³-hybridized carbons (Fsp3) is 1.00. The Bertz CT molecular complexity index is 157. The minimum atomic E-state index is 0.818. The maximum atomic E-state index is 3.30. The zero-order valence-corrected chi connectivity index (χ0v) is 11.5. The molecule has 0 spiro atoms. The van der Waals surface area contributed by atoms with Crippen molar-refractivity contribution >= 4 is 0 Å². The van der Waals surface area contributed by atoms with Crippen LogP contribution in [0.2, 0.25) is 0 Å². The molecule has 1 aliphatic rings. The van der Waals surface area contributed by atoms with E-state index in [0.717, 1.165) is 18.4 Å². The molecule has 0 radical (unpaired) electrons. The van der Waals surface area contributed by atoms with E-state index in [1.165, 1.54) is 51.6 Å². The van der Waals surface area contributed by atoms with Crippen LogP contribution in [0.1, 0.15) is 45.4 Å². The van der Waals surface area contributed by atoms with Crippen molar-refractivity contribution in [2.75, 3.05) is 33.7 Å². The molecular weight excluding hydrogens is 196 g/mol. The van der Waals surface area contributed by atoms with Crippen LogP contribution in [0.4, 0.5) is 0 Å². The summed E-state index contributed by atoms with van der Waals surface area (Å²) >= 11 is 0. The van der Waals surface area contributed by atoms with Gasteiger partial charge in [0.15, 0.2) is 0 Å². The van der Waals surface area contributed by atoms with Crippen molar-refractivity contribution in [2.45, 2.75) is 45.4 Å². The maximum Gasteiger partial charge on any atom is 0.00188 e. The highest BCUT2D eigenvalue weighted by atomic mass is 15.1. The third-order valence-corrected chi connectivity index (χ3v) is 3.93. The van der Waals surface area contributed by atoms with Crippen LogP contribution < -0.4 is 5.32 Å². The molecule has 1 rings (SSSR count). The SMILES string of the molecule is CCC(CNC)CN(C)CC1CCCCC1. The zero-order chi connectivity index (χ0) is 11.8. The molecule has 1 atom stereocenters. The van der Waals surface area contributed by atoms with E-state index >= 15 is 0 Å². The van der Waals surface area contributed by atoms with Crippen LogP contribution >= 0.6 is 0 Å². The molecular formula is C14H30N2. The van der Waals surface area contributed by atoms with Crippen LogP contribution in [0.15, 0.2) is 0 Å². The Morgan fingerprint density at radius 1 is 1.25 bits per heavy atom. The fourth-order valence-corrected chi connectivity index (χ4v) is 2.95. The van der Waals surface area contributed by atoms with E-state index in [4.69, 9.17) is 0 Å². The summed E-state index contributed by atoms with van der Waals surface area (Å²) in [6, 6.07) is 0. The van der Waals surface area contributed by atoms with E-state index in [1.807, 2.05) is 0 Å². The molecule has 0 heterocycles. The van der Waals surface area contributed by atoms with Crippen LogP contribution in [0.3, 0.4) is 0 Å². The second-order valence-electron chi connectivity index (χ2n) is 5.56. The van der Waals surface area contributed by atoms with Gasteiger partial charge in [-0.3, -0.25) is 0 Å². The summed E-state index contributed by atoms with van der Waals surface area (Å²) in [5.41, 5.74) is 0. The maximum absolute atomic E-state index is 3.30. The highest BCUT2D eigenvalue weighted by Crippen LogP contribution is 2.24. The highest BCUT2D eigenvalue weighted by Gasteiger charge is 2.16. The normalized spacial score (nSPS) is 20.2. The van der Waals surface area contributed by atoms with Gasteiger partial charge in [-0.25, -0.2) is 0 Å². The molecule has 2 nitrogen and oxygen atoms in total. The monoisotopic (exact) mass is 226 g/mol. The van der Waals surface area contributed by atoms with Gasteiger partial charge in [0.2, 0.25) is 0 Å². The molecule has 96 valence electrons. The predicted molar refractivity (Wildman–Crippen MR) is 71.8 cm³/mol. The summed E-state index contributed by atoms with van der Waals surface area (Å²) in [5, 5.41) is 3.30. The minimum absolute atomic E-state index is 0.818. The number of nitrogens with zero attached hydrogens (tertiary/aromatic N) is 1. The molecule has 1 saturated carbocycles. The third kappa shape index (κ3) is 5.31. The van der Waals surface area contributed by atoms with E-state index in [9.17, 15) is 0 Å². The fourth-order valence-electron chi connectivity index (χ4n) is 2.95. The molecule has 1 aliphatic carbocycles. The van der Waals surface area contributed by atoms with Crippen molar-refractivity contribution in [1.29, 1.82) is 0 Å².